The van der Waals surface area contributed by atoms with Crippen LogP contribution in [0.15, 0.2) is 0 Å². The molecule has 0 aromatic rings. The number of hydrogen-bond donors (Lipinski definition) is 2. The SMILES string of the molecule is CC(C#N)S(=O)(=O)NCCC(C)(C)CCC(=O)O. The quantitative estimate of drug-likeness (QED) is 0.690. The number of nitriles is 1. The molecule has 6 nitrogen and oxygen atoms in total. The van der Waals surface area contributed by atoms with Crippen molar-refractivity contribution in [2.24, 2.45) is 5.41 Å². The number of carboxylic acids is 1. The van der Waals surface area contributed by atoms with Gasteiger partial charge in [-0.25, -0.2) is 13.1 Å². The number of sulfonamides is 1. The Morgan fingerprint density at radius 3 is 2.44 bits per heavy atom. The second-order valence-electron chi connectivity index (χ2n) is 5.02. The van der Waals surface area contributed by atoms with Gasteiger partial charge in [-0.15, -0.1) is 0 Å². The third kappa shape index (κ3) is 6.57. The number of aliphatic carboxylic acids is 1. The molecule has 0 bridgehead atoms. The Balaban J connectivity index is 4.19. The van der Waals surface area contributed by atoms with Gasteiger partial charge in [0.15, 0.2) is 5.25 Å². The summed E-state index contributed by atoms with van der Waals surface area (Å²) >= 11 is 0. The minimum Gasteiger partial charge on any atom is -0.481 e. The molecule has 0 aromatic carbocycles. The zero-order chi connectivity index (χ0) is 14.4. The summed E-state index contributed by atoms with van der Waals surface area (Å²) in [5.41, 5.74) is -0.253. The average molecular weight is 276 g/mol. The van der Waals surface area contributed by atoms with Gasteiger partial charge in [0.2, 0.25) is 10.0 Å². The first-order chi connectivity index (χ1) is 8.10. The highest BCUT2D eigenvalue weighted by Crippen LogP contribution is 2.26. The highest BCUT2D eigenvalue weighted by molar-refractivity contribution is 7.90. The van der Waals surface area contributed by atoms with E-state index in [9.17, 15) is 13.2 Å². The minimum absolute atomic E-state index is 0.0638. The highest BCUT2D eigenvalue weighted by atomic mass is 32.2. The Labute approximate surface area is 108 Å². The normalized spacial score (nSPS) is 13.9. The molecule has 0 aliphatic heterocycles. The topological polar surface area (TPSA) is 107 Å². The number of nitrogens with one attached hydrogen (secondary N) is 1. The van der Waals surface area contributed by atoms with E-state index in [4.69, 9.17) is 10.4 Å². The van der Waals surface area contributed by atoms with Crippen LogP contribution in [0.5, 0.6) is 0 Å². The molecule has 7 heteroatoms. The summed E-state index contributed by atoms with van der Waals surface area (Å²) in [4.78, 5) is 10.5. The molecule has 0 aromatic heterocycles. The Bertz CT molecular complexity index is 423. The number of rotatable bonds is 8. The van der Waals surface area contributed by atoms with E-state index in [2.05, 4.69) is 4.72 Å². The molecule has 0 spiro atoms. The monoisotopic (exact) mass is 276 g/mol. The molecule has 2 N–H and O–H groups in total. The summed E-state index contributed by atoms with van der Waals surface area (Å²) in [6, 6.07) is 1.66. The summed E-state index contributed by atoms with van der Waals surface area (Å²) in [6.07, 6.45) is 1.07. The lowest BCUT2D eigenvalue weighted by Gasteiger charge is -2.23. The van der Waals surface area contributed by atoms with E-state index in [0.29, 0.717) is 12.8 Å². The Morgan fingerprint density at radius 2 is 2.00 bits per heavy atom. The van der Waals surface area contributed by atoms with Gasteiger partial charge >= 0.3 is 5.97 Å². The lowest BCUT2D eigenvalue weighted by atomic mass is 9.84. The van der Waals surface area contributed by atoms with Gasteiger partial charge in [-0.05, 0) is 25.2 Å². The molecular formula is C11H20N2O4S. The van der Waals surface area contributed by atoms with E-state index >= 15 is 0 Å². The summed E-state index contributed by atoms with van der Waals surface area (Å²) in [7, 11) is -3.59. The van der Waals surface area contributed by atoms with Crippen LogP contribution in [0.4, 0.5) is 0 Å². The molecule has 18 heavy (non-hydrogen) atoms. The molecule has 1 unspecified atom stereocenters. The Hall–Kier alpha value is -1.13. The second kappa shape index (κ2) is 6.71. The first-order valence-electron chi connectivity index (χ1n) is 5.70. The number of carbonyl (C=O) groups is 1. The van der Waals surface area contributed by atoms with Crippen LogP contribution in [0.1, 0.15) is 40.0 Å². The van der Waals surface area contributed by atoms with Crippen molar-refractivity contribution in [3.05, 3.63) is 0 Å². The fourth-order valence-corrected chi connectivity index (χ4v) is 2.07. The van der Waals surface area contributed by atoms with Crippen LogP contribution in [0, 0.1) is 16.7 Å². The Morgan fingerprint density at radius 1 is 1.44 bits per heavy atom. The molecule has 0 amide bonds. The third-order valence-corrected chi connectivity index (χ3v) is 4.41. The van der Waals surface area contributed by atoms with Crippen LogP contribution in [-0.2, 0) is 14.8 Å². The highest BCUT2D eigenvalue weighted by Gasteiger charge is 2.23. The smallest absolute Gasteiger partial charge is 0.303 e. The number of hydrogen-bond acceptors (Lipinski definition) is 4. The average Bonchev–Trinajstić information content (AvgIpc) is 2.24. The van der Waals surface area contributed by atoms with Crippen LogP contribution in [0.25, 0.3) is 0 Å². The van der Waals surface area contributed by atoms with Crippen LogP contribution >= 0.6 is 0 Å². The van der Waals surface area contributed by atoms with Crippen molar-refractivity contribution in [1.29, 1.82) is 5.26 Å². The first kappa shape index (κ1) is 16.9. The van der Waals surface area contributed by atoms with E-state index in [1.807, 2.05) is 13.8 Å². The molecule has 0 fully saturated rings. The fourth-order valence-electron chi connectivity index (χ4n) is 1.30. The molecule has 0 rings (SSSR count). The molecule has 0 heterocycles. The Kier molecular flexibility index (Phi) is 6.29. The van der Waals surface area contributed by atoms with Gasteiger partial charge in [-0.3, -0.25) is 4.79 Å². The lowest BCUT2D eigenvalue weighted by Crippen LogP contribution is -2.34. The lowest BCUT2D eigenvalue weighted by molar-refractivity contribution is -0.137. The molecule has 104 valence electrons. The molecule has 1 atom stereocenters. The van der Waals surface area contributed by atoms with E-state index in [0.717, 1.165) is 0 Å². The zero-order valence-electron chi connectivity index (χ0n) is 10.9. The maximum absolute atomic E-state index is 11.5. The number of carboxylic acid groups (broad SMARTS) is 1. The van der Waals surface area contributed by atoms with Crippen LogP contribution in [0.2, 0.25) is 0 Å². The van der Waals surface area contributed by atoms with Crippen LogP contribution in [-0.4, -0.2) is 31.3 Å². The van der Waals surface area contributed by atoms with E-state index in [1.54, 1.807) is 6.07 Å². The fraction of sp³-hybridized carbons (Fsp3) is 0.818. The van der Waals surface area contributed by atoms with Crippen molar-refractivity contribution in [2.75, 3.05) is 6.54 Å². The van der Waals surface area contributed by atoms with Gasteiger partial charge in [0.1, 0.15) is 0 Å². The molecule has 0 aliphatic rings. The van der Waals surface area contributed by atoms with Gasteiger partial charge in [0.25, 0.3) is 0 Å². The maximum atomic E-state index is 11.5. The molecular weight excluding hydrogens is 256 g/mol. The standard InChI is InChI=1S/C11H20N2O4S/c1-9(8-12)18(16,17)13-7-6-11(2,3)5-4-10(14)15/h9,13H,4-7H2,1-3H3,(H,14,15). The molecule has 0 aliphatic carbocycles. The number of nitrogens with zero attached hydrogens (tertiary/aromatic N) is 1. The van der Waals surface area contributed by atoms with Gasteiger partial charge in [-0.2, -0.15) is 5.26 Å². The molecule has 0 saturated heterocycles. The predicted molar refractivity (Wildman–Crippen MR) is 67.3 cm³/mol. The van der Waals surface area contributed by atoms with Gasteiger partial charge in [-0.1, -0.05) is 13.8 Å². The van der Waals surface area contributed by atoms with Gasteiger partial charge < -0.3 is 5.11 Å². The minimum atomic E-state index is -3.59. The predicted octanol–water partition coefficient (Wildman–Crippen LogP) is 1.10. The second-order valence-corrected chi connectivity index (χ2v) is 7.10. The van der Waals surface area contributed by atoms with E-state index in [1.165, 1.54) is 6.92 Å². The summed E-state index contributed by atoms with van der Waals surface area (Å²) in [6.45, 7) is 5.30. The van der Waals surface area contributed by atoms with Crippen molar-refractivity contribution >= 4 is 16.0 Å². The van der Waals surface area contributed by atoms with Crippen LogP contribution in [0.3, 0.4) is 0 Å². The molecule has 0 saturated carbocycles. The maximum Gasteiger partial charge on any atom is 0.303 e. The summed E-state index contributed by atoms with van der Waals surface area (Å²) < 4.78 is 25.3. The van der Waals surface area contributed by atoms with E-state index < -0.39 is 21.2 Å². The van der Waals surface area contributed by atoms with E-state index in [-0.39, 0.29) is 18.4 Å². The first-order valence-corrected chi connectivity index (χ1v) is 7.25. The van der Waals surface area contributed by atoms with Crippen molar-refractivity contribution in [3.8, 4) is 6.07 Å². The van der Waals surface area contributed by atoms with Crippen molar-refractivity contribution in [2.45, 2.75) is 45.3 Å². The van der Waals surface area contributed by atoms with Gasteiger partial charge in [0, 0.05) is 13.0 Å². The van der Waals surface area contributed by atoms with Crippen molar-refractivity contribution in [1.82, 2.24) is 4.72 Å². The van der Waals surface area contributed by atoms with Gasteiger partial charge in [0.05, 0.1) is 6.07 Å². The molecule has 0 radical (unpaired) electrons. The largest absolute Gasteiger partial charge is 0.481 e. The summed E-state index contributed by atoms with van der Waals surface area (Å²) in [5.74, 6) is -0.859. The van der Waals surface area contributed by atoms with Crippen LogP contribution < -0.4 is 4.72 Å². The zero-order valence-corrected chi connectivity index (χ0v) is 11.7. The third-order valence-electron chi connectivity index (χ3n) is 2.77. The summed E-state index contributed by atoms with van der Waals surface area (Å²) in [5, 5.41) is 16.0. The van der Waals surface area contributed by atoms with Crippen molar-refractivity contribution in [3.63, 3.8) is 0 Å². The van der Waals surface area contributed by atoms with Crippen molar-refractivity contribution < 1.29 is 18.3 Å².